The highest BCUT2D eigenvalue weighted by Crippen LogP contribution is 2.27. The molecule has 0 spiro atoms. The van der Waals surface area contributed by atoms with E-state index in [1.54, 1.807) is 6.07 Å². The molecule has 0 aliphatic carbocycles. The van der Waals surface area contributed by atoms with Crippen LogP contribution in [0.15, 0.2) is 12.1 Å². The Morgan fingerprint density at radius 3 is 2.70 bits per heavy atom. The van der Waals surface area contributed by atoms with Gasteiger partial charge in [-0.3, -0.25) is 4.79 Å². The standard InChI is InChI=1S/C14H18I2N2O2/c1-18-4-2-9(3-5-18)8-17-14(20)11-6-10(15)7-12(16)13(11)19/h6-7,9,19H,2-5,8H2,1H3,(H,17,20). The molecule has 1 aromatic carbocycles. The highest BCUT2D eigenvalue weighted by atomic mass is 127. The molecule has 1 aliphatic rings. The number of aromatic hydroxyl groups is 1. The highest BCUT2D eigenvalue weighted by Gasteiger charge is 2.19. The van der Waals surface area contributed by atoms with Crippen molar-refractivity contribution in [3.8, 4) is 5.75 Å². The van der Waals surface area contributed by atoms with Crippen LogP contribution in [0.25, 0.3) is 0 Å². The Hall–Kier alpha value is -0.0900. The Morgan fingerprint density at radius 2 is 2.05 bits per heavy atom. The summed E-state index contributed by atoms with van der Waals surface area (Å²) in [6.45, 7) is 2.87. The van der Waals surface area contributed by atoms with E-state index in [1.165, 1.54) is 0 Å². The molecule has 0 aromatic heterocycles. The van der Waals surface area contributed by atoms with Crippen LogP contribution in [0.4, 0.5) is 0 Å². The van der Waals surface area contributed by atoms with Crippen LogP contribution in [0, 0.1) is 13.1 Å². The van der Waals surface area contributed by atoms with Gasteiger partial charge >= 0.3 is 0 Å². The molecule has 2 N–H and O–H groups in total. The Kier molecular flexibility index (Phi) is 5.91. The molecule has 110 valence electrons. The van der Waals surface area contributed by atoms with Crippen LogP contribution in [0.1, 0.15) is 23.2 Å². The van der Waals surface area contributed by atoms with Crippen LogP contribution >= 0.6 is 45.2 Å². The number of amides is 1. The number of piperidine rings is 1. The summed E-state index contributed by atoms with van der Waals surface area (Å²) >= 11 is 4.20. The summed E-state index contributed by atoms with van der Waals surface area (Å²) in [5.74, 6) is 0.434. The zero-order valence-electron chi connectivity index (χ0n) is 11.3. The number of hydrogen-bond donors (Lipinski definition) is 2. The van der Waals surface area contributed by atoms with Gasteiger partial charge < -0.3 is 15.3 Å². The molecular formula is C14H18I2N2O2. The average Bonchev–Trinajstić information content (AvgIpc) is 2.42. The molecule has 0 bridgehead atoms. The molecule has 1 amide bonds. The first-order valence-corrected chi connectivity index (χ1v) is 8.78. The zero-order chi connectivity index (χ0) is 14.7. The van der Waals surface area contributed by atoms with Gasteiger partial charge in [0, 0.05) is 10.1 Å². The molecule has 1 saturated heterocycles. The average molecular weight is 500 g/mol. The van der Waals surface area contributed by atoms with Crippen LogP contribution in [0.3, 0.4) is 0 Å². The number of phenolic OH excluding ortho intramolecular Hbond substituents is 1. The first-order chi connectivity index (χ1) is 9.47. The van der Waals surface area contributed by atoms with E-state index in [0.717, 1.165) is 29.5 Å². The van der Waals surface area contributed by atoms with Crippen molar-refractivity contribution in [1.82, 2.24) is 10.2 Å². The Morgan fingerprint density at radius 1 is 1.40 bits per heavy atom. The van der Waals surface area contributed by atoms with Crippen molar-refractivity contribution >= 4 is 51.1 Å². The van der Waals surface area contributed by atoms with Gasteiger partial charge in [0.1, 0.15) is 5.75 Å². The SMILES string of the molecule is CN1CCC(CNC(=O)c2cc(I)cc(I)c2O)CC1. The van der Waals surface area contributed by atoms with E-state index in [1.807, 2.05) is 28.7 Å². The lowest BCUT2D eigenvalue weighted by molar-refractivity contribution is 0.0936. The predicted octanol–water partition coefficient (Wildman–Crippen LogP) is 2.67. The molecule has 1 aromatic rings. The minimum atomic E-state index is -0.183. The molecule has 6 heteroatoms. The lowest BCUT2D eigenvalue weighted by Crippen LogP contribution is -2.36. The van der Waals surface area contributed by atoms with Gasteiger partial charge in [-0.2, -0.15) is 0 Å². The number of halogens is 2. The first-order valence-electron chi connectivity index (χ1n) is 6.62. The predicted molar refractivity (Wildman–Crippen MR) is 96.1 cm³/mol. The molecule has 1 aliphatic heterocycles. The van der Waals surface area contributed by atoms with Gasteiger partial charge in [0.25, 0.3) is 5.91 Å². The molecule has 2 rings (SSSR count). The van der Waals surface area contributed by atoms with Crippen molar-refractivity contribution in [1.29, 1.82) is 0 Å². The van der Waals surface area contributed by atoms with Gasteiger partial charge in [-0.1, -0.05) is 0 Å². The van der Waals surface area contributed by atoms with E-state index in [2.05, 4.69) is 39.9 Å². The van der Waals surface area contributed by atoms with Gasteiger partial charge in [-0.15, -0.1) is 0 Å². The van der Waals surface area contributed by atoms with E-state index >= 15 is 0 Å². The molecule has 1 heterocycles. The van der Waals surface area contributed by atoms with E-state index < -0.39 is 0 Å². The lowest BCUT2D eigenvalue weighted by Gasteiger charge is -2.28. The van der Waals surface area contributed by atoms with Gasteiger partial charge in [0.2, 0.25) is 0 Å². The molecule has 20 heavy (non-hydrogen) atoms. The second kappa shape index (κ2) is 7.26. The van der Waals surface area contributed by atoms with Gasteiger partial charge in [-0.05, 0) is 96.2 Å². The van der Waals surface area contributed by atoms with Crippen molar-refractivity contribution in [3.05, 3.63) is 24.8 Å². The second-order valence-electron chi connectivity index (χ2n) is 5.24. The number of likely N-dealkylation sites (tertiary alicyclic amines) is 1. The third-order valence-electron chi connectivity index (χ3n) is 3.66. The van der Waals surface area contributed by atoms with Crippen LogP contribution in [0.5, 0.6) is 5.75 Å². The Balaban J connectivity index is 1.95. The van der Waals surface area contributed by atoms with E-state index in [-0.39, 0.29) is 11.7 Å². The maximum atomic E-state index is 12.2. The van der Waals surface area contributed by atoms with Gasteiger partial charge in [0.15, 0.2) is 0 Å². The molecule has 4 nitrogen and oxygen atoms in total. The third kappa shape index (κ3) is 4.20. The third-order valence-corrected chi connectivity index (χ3v) is 5.11. The zero-order valence-corrected chi connectivity index (χ0v) is 15.6. The summed E-state index contributed by atoms with van der Waals surface area (Å²) in [5, 5.41) is 12.9. The first kappa shape index (κ1) is 16.3. The Bertz CT molecular complexity index is 500. The maximum Gasteiger partial charge on any atom is 0.255 e. The normalized spacial score (nSPS) is 17.1. The molecule has 0 saturated carbocycles. The van der Waals surface area contributed by atoms with Crippen molar-refractivity contribution in [3.63, 3.8) is 0 Å². The van der Waals surface area contributed by atoms with Crippen molar-refractivity contribution in [2.24, 2.45) is 5.92 Å². The summed E-state index contributed by atoms with van der Waals surface area (Å²) in [4.78, 5) is 14.5. The minimum Gasteiger partial charge on any atom is -0.506 e. The van der Waals surface area contributed by atoms with Gasteiger partial charge in [-0.25, -0.2) is 0 Å². The lowest BCUT2D eigenvalue weighted by atomic mass is 9.97. The number of phenols is 1. The number of rotatable bonds is 3. The quantitative estimate of drug-likeness (QED) is 0.629. The topological polar surface area (TPSA) is 52.6 Å². The smallest absolute Gasteiger partial charge is 0.255 e. The second-order valence-corrected chi connectivity index (χ2v) is 7.65. The van der Waals surface area contributed by atoms with Gasteiger partial charge in [0.05, 0.1) is 9.13 Å². The summed E-state index contributed by atoms with van der Waals surface area (Å²) < 4.78 is 1.66. The molecule has 0 unspecified atom stereocenters. The minimum absolute atomic E-state index is 0.0758. The van der Waals surface area contributed by atoms with Crippen LogP contribution in [-0.4, -0.2) is 42.6 Å². The number of hydrogen-bond acceptors (Lipinski definition) is 3. The number of benzene rings is 1. The van der Waals surface area contributed by atoms with Crippen LogP contribution in [0.2, 0.25) is 0 Å². The fourth-order valence-electron chi connectivity index (χ4n) is 2.34. The van der Waals surface area contributed by atoms with Crippen molar-refractivity contribution < 1.29 is 9.90 Å². The van der Waals surface area contributed by atoms with Crippen molar-refractivity contribution in [2.75, 3.05) is 26.7 Å². The van der Waals surface area contributed by atoms with E-state index in [0.29, 0.717) is 21.6 Å². The fraction of sp³-hybridized carbons (Fsp3) is 0.500. The van der Waals surface area contributed by atoms with Crippen LogP contribution < -0.4 is 5.32 Å². The largest absolute Gasteiger partial charge is 0.506 e. The number of carbonyl (C=O) groups excluding carboxylic acids is 1. The van der Waals surface area contributed by atoms with Crippen molar-refractivity contribution in [2.45, 2.75) is 12.8 Å². The van der Waals surface area contributed by atoms with E-state index in [9.17, 15) is 9.90 Å². The molecule has 0 radical (unpaired) electrons. The summed E-state index contributed by atoms with van der Waals surface area (Å²) in [6, 6.07) is 3.58. The molecule has 1 fully saturated rings. The molecule has 0 atom stereocenters. The summed E-state index contributed by atoms with van der Waals surface area (Å²) in [6.07, 6.45) is 2.24. The van der Waals surface area contributed by atoms with Crippen LogP contribution in [-0.2, 0) is 0 Å². The monoisotopic (exact) mass is 500 g/mol. The summed E-state index contributed by atoms with van der Waals surface area (Å²) in [5.41, 5.74) is 0.370. The summed E-state index contributed by atoms with van der Waals surface area (Å²) in [7, 11) is 2.13. The molecular weight excluding hydrogens is 482 g/mol. The number of nitrogens with one attached hydrogen (secondary N) is 1. The fourth-order valence-corrected chi connectivity index (χ4v) is 4.18. The number of carbonyl (C=O) groups is 1. The number of nitrogens with zero attached hydrogens (tertiary/aromatic N) is 1. The highest BCUT2D eigenvalue weighted by molar-refractivity contribution is 14.1. The van der Waals surface area contributed by atoms with E-state index in [4.69, 9.17) is 0 Å². The maximum absolute atomic E-state index is 12.2. The Labute approximate surface area is 146 Å².